The first-order valence-electron chi connectivity index (χ1n) is 5.87. The minimum Gasteiger partial charge on any atom is -0.394 e. The van der Waals surface area contributed by atoms with Gasteiger partial charge in [0.05, 0.1) is 12.6 Å². The van der Waals surface area contributed by atoms with E-state index in [1.54, 1.807) is 11.8 Å². The standard InChI is InChI=1S/C13H22N2OS/c1-9(2)12(8-16)15-11-5-4-6-13(17-3)10(11)7-14/h4-6,9,12,15-16H,7-8,14H2,1-3H3/t12-/m1/s1. The summed E-state index contributed by atoms with van der Waals surface area (Å²) in [5, 5.41) is 12.7. The summed E-state index contributed by atoms with van der Waals surface area (Å²) in [5.41, 5.74) is 7.96. The van der Waals surface area contributed by atoms with Crippen molar-refractivity contribution in [3.8, 4) is 0 Å². The molecule has 0 fully saturated rings. The number of nitrogens with one attached hydrogen (secondary N) is 1. The van der Waals surface area contributed by atoms with Crippen LogP contribution in [0.25, 0.3) is 0 Å². The third kappa shape index (κ3) is 3.63. The fourth-order valence-electron chi connectivity index (χ4n) is 1.73. The number of benzene rings is 1. The third-order valence-corrected chi connectivity index (χ3v) is 3.72. The molecule has 96 valence electrons. The summed E-state index contributed by atoms with van der Waals surface area (Å²) in [7, 11) is 0. The van der Waals surface area contributed by atoms with Gasteiger partial charge in [-0.15, -0.1) is 11.8 Å². The first-order chi connectivity index (χ1) is 8.13. The molecule has 4 N–H and O–H groups in total. The maximum absolute atomic E-state index is 9.35. The Kier molecular flexibility index (Phi) is 5.82. The molecular formula is C13H22N2OS. The molecule has 0 heterocycles. The van der Waals surface area contributed by atoms with Crippen LogP contribution in [0.5, 0.6) is 0 Å². The van der Waals surface area contributed by atoms with E-state index < -0.39 is 0 Å². The van der Waals surface area contributed by atoms with Crippen molar-refractivity contribution in [2.75, 3.05) is 18.2 Å². The Morgan fingerprint density at radius 2 is 2.12 bits per heavy atom. The number of hydrogen-bond donors (Lipinski definition) is 3. The number of thioether (sulfide) groups is 1. The summed E-state index contributed by atoms with van der Waals surface area (Å²) in [5.74, 6) is 0.378. The minimum absolute atomic E-state index is 0.0670. The van der Waals surface area contributed by atoms with E-state index in [0.29, 0.717) is 12.5 Å². The Morgan fingerprint density at radius 1 is 1.41 bits per heavy atom. The van der Waals surface area contributed by atoms with Gasteiger partial charge in [-0.05, 0) is 24.3 Å². The molecule has 17 heavy (non-hydrogen) atoms. The highest BCUT2D eigenvalue weighted by Gasteiger charge is 2.14. The predicted molar refractivity (Wildman–Crippen MR) is 75.4 cm³/mol. The van der Waals surface area contributed by atoms with Crippen molar-refractivity contribution in [1.29, 1.82) is 0 Å². The maximum Gasteiger partial charge on any atom is 0.0635 e. The van der Waals surface area contributed by atoms with Crippen LogP contribution in [-0.2, 0) is 6.54 Å². The van der Waals surface area contributed by atoms with Crippen LogP contribution in [-0.4, -0.2) is 24.0 Å². The van der Waals surface area contributed by atoms with Crippen LogP contribution in [0.4, 0.5) is 5.69 Å². The topological polar surface area (TPSA) is 58.3 Å². The lowest BCUT2D eigenvalue weighted by Gasteiger charge is -2.23. The van der Waals surface area contributed by atoms with Gasteiger partial charge in [0, 0.05) is 22.7 Å². The van der Waals surface area contributed by atoms with E-state index in [-0.39, 0.29) is 12.6 Å². The SMILES string of the molecule is CSc1cccc(N[C@H](CO)C(C)C)c1CN. The van der Waals surface area contributed by atoms with Gasteiger partial charge in [-0.2, -0.15) is 0 Å². The van der Waals surface area contributed by atoms with E-state index in [1.807, 2.05) is 18.4 Å². The molecule has 0 saturated carbocycles. The molecule has 3 nitrogen and oxygen atoms in total. The van der Waals surface area contributed by atoms with Gasteiger partial charge >= 0.3 is 0 Å². The van der Waals surface area contributed by atoms with E-state index in [9.17, 15) is 5.11 Å². The van der Waals surface area contributed by atoms with Crippen molar-refractivity contribution in [2.24, 2.45) is 11.7 Å². The minimum atomic E-state index is 0.0670. The number of nitrogens with two attached hydrogens (primary N) is 1. The Bertz CT molecular complexity index is 355. The number of aliphatic hydroxyl groups is 1. The van der Waals surface area contributed by atoms with E-state index >= 15 is 0 Å². The lowest BCUT2D eigenvalue weighted by atomic mass is 10.0. The molecule has 0 aromatic heterocycles. The zero-order chi connectivity index (χ0) is 12.8. The van der Waals surface area contributed by atoms with E-state index in [0.717, 1.165) is 11.3 Å². The lowest BCUT2D eigenvalue weighted by Crippen LogP contribution is -2.30. The van der Waals surface area contributed by atoms with Crippen molar-refractivity contribution in [1.82, 2.24) is 0 Å². The highest BCUT2D eigenvalue weighted by Crippen LogP contribution is 2.27. The second-order valence-corrected chi connectivity index (χ2v) is 5.22. The molecule has 0 aliphatic heterocycles. The van der Waals surface area contributed by atoms with Crippen LogP contribution in [0.15, 0.2) is 23.1 Å². The monoisotopic (exact) mass is 254 g/mol. The molecule has 0 aliphatic rings. The first kappa shape index (κ1) is 14.4. The Hall–Kier alpha value is -0.710. The molecule has 0 aliphatic carbocycles. The lowest BCUT2D eigenvalue weighted by molar-refractivity contribution is 0.249. The van der Waals surface area contributed by atoms with Crippen LogP contribution < -0.4 is 11.1 Å². The van der Waals surface area contributed by atoms with Gasteiger partial charge in [0.1, 0.15) is 0 Å². The van der Waals surface area contributed by atoms with Gasteiger partial charge < -0.3 is 16.2 Å². The molecule has 1 rings (SSSR count). The maximum atomic E-state index is 9.35. The molecule has 1 atom stereocenters. The number of hydrogen-bond acceptors (Lipinski definition) is 4. The molecular weight excluding hydrogens is 232 g/mol. The second kappa shape index (κ2) is 6.89. The van der Waals surface area contributed by atoms with Gasteiger partial charge in [0.25, 0.3) is 0 Å². The molecule has 4 heteroatoms. The van der Waals surface area contributed by atoms with Gasteiger partial charge in [-0.1, -0.05) is 19.9 Å². The van der Waals surface area contributed by atoms with Crippen molar-refractivity contribution in [3.63, 3.8) is 0 Å². The van der Waals surface area contributed by atoms with Gasteiger partial charge in [-0.3, -0.25) is 0 Å². The fourth-order valence-corrected chi connectivity index (χ4v) is 2.38. The number of rotatable bonds is 6. The number of aliphatic hydroxyl groups excluding tert-OH is 1. The molecule has 0 amide bonds. The zero-order valence-electron chi connectivity index (χ0n) is 10.7. The average molecular weight is 254 g/mol. The van der Waals surface area contributed by atoms with Gasteiger partial charge in [-0.25, -0.2) is 0 Å². The molecule has 1 aromatic rings. The third-order valence-electron chi connectivity index (χ3n) is 2.90. The van der Waals surface area contributed by atoms with E-state index in [1.165, 1.54) is 4.90 Å². The summed E-state index contributed by atoms with van der Waals surface area (Å²) in [4.78, 5) is 1.19. The average Bonchev–Trinajstić information content (AvgIpc) is 2.34. The first-order valence-corrected chi connectivity index (χ1v) is 7.09. The van der Waals surface area contributed by atoms with Crippen LogP contribution in [0.2, 0.25) is 0 Å². The smallest absolute Gasteiger partial charge is 0.0635 e. The second-order valence-electron chi connectivity index (χ2n) is 4.37. The van der Waals surface area contributed by atoms with Crippen LogP contribution in [0.1, 0.15) is 19.4 Å². The molecule has 0 bridgehead atoms. The Morgan fingerprint density at radius 3 is 2.59 bits per heavy atom. The quantitative estimate of drug-likeness (QED) is 0.682. The highest BCUT2D eigenvalue weighted by molar-refractivity contribution is 7.98. The van der Waals surface area contributed by atoms with Crippen molar-refractivity contribution in [3.05, 3.63) is 23.8 Å². The van der Waals surface area contributed by atoms with Crippen LogP contribution in [0, 0.1) is 5.92 Å². The summed E-state index contributed by atoms with van der Waals surface area (Å²) in [6.45, 7) is 4.82. The van der Waals surface area contributed by atoms with E-state index in [2.05, 4.69) is 25.2 Å². The highest BCUT2D eigenvalue weighted by atomic mass is 32.2. The molecule has 0 unspecified atom stereocenters. The molecule has 0 saturated heterocycles. The summed E-state index contributed by atoms with van der Waals surface area (Å²) in [6.07, 6.45) is 2.05. The van der Waals surface area contributed by atoms with Crippen LogP contribution >= 0.6 is 11.8 Å². The normalized spacial score (nSPS) is 12.8. The van der Waals surface area contributed by atoms with Gasteiger partial charge in [0.2, 0.25) is 0 Å². The summed E-state index contributed by atoms with van der Waals surface area (Å²) in [6, 6.07) is 6.17. The van der Waals surface area contributed by atoms with Crippen LogP contribution in [0.3, 0.4) is 0 Å². The zero-order valence-corrected chi connectivity index (χ0v) is 11.6. The Labute approximate surface area is 108 Å². The summed E-state index contributed by atoms with van der Waals surface area (Å²) >= 11 is 1.69. The molecule has 0 radical (unpaired) electrons. The van der Waals surface area contributed by atoms with Crippen molar-refractivity contribution < 1.29 is 5.11 Å². The van der Waals surface area contributed by atoms with E-state index in [4.69, 9.17) is 5.73 Å². The van der Waals surface area contributed by atoms with Crippen molar-refractivity contribution in [2.45, 2.75) is 31.3 Å². The molecule has 0 spiro atoms. The number of anilines is 1. The largest absolute Gasteiger partial charge is 0.394 e. The Balaban J connectivity index is 2.97. The predicted octanol–water partition coefficient (Wildman–Crippen LogP) is 2.30. The van der Waals surface area contributed by atoms with Gasteiger partial charge in [0.15, 0.2) is 0 Å². The fraction of sp³-hybridized carbons (Fsp3) is 0.538. The van der Waals surface area contributed by atoms with Crippen molar-refractivity contribution >= 4 is 17.4 Å². The molecule has 1 aromatic carbocycles. The summed E-state index contributed by atoms with van der Waals surface area (Å²) < 4.78 is 0.